The van der Waals surface area contributed by atoms with Crippen molar-refractivity contribution in [2.24, 2.45) is 0 Å². The van der Waals surface area contributed by atoms with Crippen molar-refractivity contribution in [2.45, 2.75) is 6.61 Å². The number of hydrogen-bond donors (Lipinski definition) is 0. The second-order valence-corrected chi connectivity index (χ2v) is 4.85. The molecule has 0 aliphatic carbocycles. The van der Waals surface area contributed by atoms with Crippen LogP contribution in [-0.2, 0) is 11.3 Å². The third-order valence-electron chi connectivity index (χ3n) is 2.63. The quantitative estimate of drug-likeness (QED) is 0.450. The van der Waals surface area contributed by atoms with Crippen LogP contribution in [0, 0.1) is 0 Å². The Morgan fingerprint density at radius 2 is 1.79 bits per heavy atom. The molecule has 1 atom stereocenters. The predicted molar refractivity (Wildman–Crippen MR) is 82.8 cm³/mol. The van der Waals surface area contributed by atoms with Crippen LogP contribution in [0.1, 0.15) is 5.56 Å². The fourth-order valence-corrected chi connectivity index (χ4v) is 1.95. The van der Waals surface area contributed by atoms with Gasteiger partial charge in [-0.05, 0) is 16.9 Å². The van der Waals surface area contributed by atoms with Gasteiger partial charge in [-0.15, -0.1) is 9.24 Å². The molecule has 2 rings (SSSR count). The molecule has 0 fully saturated rings. The van der Waals surface area contributed by atoms with Crippen molar-refractivity contribution >= 4 is 27.9 Å². The fraction of sp³-hybridized carbons (Fsp3) is 0.200. The lowest BCUT2D eigenvalue weighted by Gasteiger charge is -2.10. The lowest BCUT2D eigenvalue weighted by atomic mass is 9.95. The summed E-state index contributed by atoms with van der Waals surface area (Å²) in [6.07, 6.45) is 0. The zero-order valence-corrected chi connectivity index (χ0v) is 11.9. The molecule has 0 aliphatic heterocycles. The first-order valence-corrected chi connectivity index (χ1v) is 6.73. The van der Waals surface area contributed by atoms with Gasteiger partial charge in [0, 0.05) is 0 Å². The average molecular weight is 270 g/mol. The largest absolute Gasteiger partial charge is 0.492 e. The fourth-order valence-electron chi connectivity index (χ4n) is 1.67. The van der Waals surface area contributed by atoms with Gasteiger partial charge in [0.2, 0.25) is 0 Å². The van der Waals surface area contributed by atoms with Gasteiger partial charge < -0.3 is 9.47 Å². The van der Waals surface area contributed by atoms with E-state index in [0.717, 1.165) is 10.9 Å². The Balaban J connectivity index is 1.69. The molecule has 0 saturated carbocycles. The average Bonchev–Trinajstić information content (AvgIpc) is 2.42. The standard InChI is InChI=1S/C15H16BO2P/c16-14-10-13(19)6-7-15(14)18-9-8-17-11-12-4-2-1-3-5-12/h1-7,10H,8-9,11,19H2. The normalized spacial score (nSPS) is 10.4. The van der Waals surface area contributed by atoms with Crippen LogP contribution >= 0.6 is 9.24 Å². The van der Waals surface area contributed by atoms with Crippen molar-refractivity contribution in [1.82, 2.24) is 0 Å². The number of benzene rings is 2. The van der Waals surface area contributed by atoms with Crippen LogP contribution in [0.15, 0.2) is 48.5 Å². The van der Waals surface area contributed by atoms with Crippen LogP contribution in [0.3, 0.4) is 0 Å². The Morgan fingerprint density at radius 1 is 1.00 bits per heavy atom. The molecular formula is C15H16BO2P. The summed E-state index contributed by atoms with van der Waals surface area (Å²) in [7, 11) is 8.45. The van der Waals surface area contributed by atoms with E-state index in [1.54, 1.807) is 0 Å². The lowest BCUT2D eigenvalue weighted by molar-refractivity contribution is 0.0892. The van der Waals surface area contributed by atoms with Crippen molar-refractivity contribution in [3.05, 3.63) is 54.1 Å². The maximum Gasteiger partial charge on any atom is 0.119 e. The van der Waals surface area contributed by atoms with Gasteiger partial charge in [0.25, 0.3) is 0 Å². The molecule has 2 nitrogen and oxygen atoms in total. The summed E-state index contributed by atoms with van der Waals surface area (Å²) in [4.78, 5) is 0. The lowest BCUT2D eigenvalue weighted by Crippen LogP contribution is -2.15. The minimum atomic E-state index is 0.493. The molecule has 0 bridgehead atoms. The topological polar surface area (TPSA) is 18.5 Å². The summed E-state index contributed by atoms with van der Waals surface area (Å²) in [6, 6.07) is 15.7. The van der Waals surface area contributed by atoms with E-state index >= 15 is 0 Å². The van der Waals surface area contributed by atoms with Crippen LogP contribution in [0.2, 0.25) is 0 Å². The van der Waals surface area contributed by atoms with E-state index in [1.807, 2.05) is 48.5 Å². The van der Waals surface area contributed by atoms with Crippen LogP contribution in [0.25, 0.3) is 0 Å². The first kappa shape index (κ1) is 14.1. The van der Waals surface area contributed by atoms with Gasteiger partial charge in [-0.1, -0.05) is 47.9 Å². The summed E-state index contributed by atoms with van der Waals surface area (Å²) in [5.41, 5.74) is 1.81. The molecule has 0 aromatic heterocycles. The predicted octanol–water partition coefficient (Wildman–Crippen LogP) is 1.58. The van der Waals surface area contributed by atoms with Crippen molar-refractivity contribution in [1.29, 1.82) is 0 Å². The molecule has 1 unspecified atom stereocenters. The molecule has 2 aromatic rings. The molecule has 2 aromatic carbocycles. The molecule has 0 N–H and O–H groups in total. The Kier molecular flexibility index (Phi) is 5.44. The second-order valence-electron chi connectivity index (χ2n) is 4.18. The van der Waals surface area contributed by atoms with Gasteiger partial charge in [0.1, 0.15) is 20.2 Å². The molecule has 2 radical (unpaired) electrons. The Morgan fingerprint density at radius 3 is 2.53 bits per heavy atom. The summed E-state index contributed by atoms with van der Waals surface area (Å²) >= 11 is 0. The summed E-state index contributed by atoms with van der Waals surface area (Å²) < 4.78 is 11.1. The van der Waals surface area contributed by atoms with E-state index in [0.29, 0.717) is 31.0 Å². The van der Waals surface area contributed by atoms with Crippen molar-refractivity contribution < 1.29 is 9.47 Å². The maximum atomic E-state index is 5.85. The van der Waals surface area contributed by atoms with E-state index in [2.05, 4.69) is 9.24 Å². The number of hydrogen-bond acceptors (Lipinski definition) is 2. The smallest absolute Gasteiger partial charge is 0.119 e. The molecule has 0 heterocycles. The Hall–Kier alpha value is -1.31. The SMILES string of the molecule is [B]c1cc(P)ccc1OCCOCc1ccccc1. The van der Waals surface area contributed by atoms with Crippen molar-refractivity contribution in [2.75, 3.05) is 13.2 Å². The third kappa shape index (κ3) is 4.70. The molecule has 0 amide bonds. The van der Waals surface area contributed by atoms with Crippen LogP contribution in [0.4, 0.5) is 0 Å². The summed E-state index contributed by atoms with van der Waals surface area (Å²) in [5.74, 6) is 0.703. The minimum Gasteiger partial charge on any atom is -0.492 e. The highest BCUT2D eigenvalue weighted by molar-refractivity contribution is 7.27. The van der Waals surface area contributed by atoms with E-state index in [-0.39, 0.29) is 0 Å². The van der Waals surface area contributed by atoms with E-state index in [4.69, 9.17) is 17.3 Å². The highest BCUT2D eigenvalue weighted by Gasteiger charge is 1.99. The number of ether oxygens (including phenoxy) is 2. The highest BCUT2D eigenvalue weighted by Crippen LogP contribution is 2.05. The first-order valence-electron chi connectivity index (χ1n) is 6.15. The van der Waals surface area contributed by atoms with Gasteiger partial charge in [0.15, 0.2) is 0 Å². The minimum absolute atomic E-state index is 0.493. The Bertz CT molecular complexity index is 517. The van der Waals surface area contributed by atoms with Crippen LogP contribution in [0.5, 0.6) is 5.75 Å². The van der Waals surface area contributed by atoms with E-state index < -0.39 is 0 Å². The molecule has 19 heavy (non-hydrogen) atoms. The molecule has 96 valence electrons. The third-order valence-corrected chi connectivity index (χ3v) is 2.99. The summed E-state index contributed by atoms with van der Waals surface area (Å²) in [6.45, 7) is 1.63. The zero-order valence-electron chi connectivity index (χ0n) is 10.7. The molecule has 0 spiro atoms. The van der Waals surface area contributed by atoms with E-state index in [9.17, 15) is 0 Å². The van der Waals surface area contributed by atoms with Crippen LogP contribution in [-0.4, -0.2) is 21.1 Å². The van der Waals surface area contributed by atoms with Gasteiger partial charge >= 0.3 is 0 Å². The molecular weight excluding hydrogens is 254 g/mol. The summed E-state index contributed by atoms with van der Waals surface area (Å²) in [5, 5.41) is 1.05. The van der Waals surface area contributed by atoms with Gasteiger partial charge in [0.05, 0.1) is 13.2 Å². The molecule has 0 saturated heterocycles. The van der Waals surface area contributed by atoms with Gasteiger partial charge in [-0.2, -0.15) is 0 Å². The van der Waals surface area contributed by atoms with E-state index in [1.165, 1.54) is 0 Å². The maximum absolute atomic E-state index is 5.85. The number of rotatable bonds is 6. The van der Waals surface area contributed by atoms with Crippen molar-refractivity contribution in [3.63, 3.8) is 0 Å². The second kappa shape index (κ2) is 7.32. The van der Waals surface area contributed by atoms with Gasteiger partial charge in [-0.3, -0.25) is 0 Å². The van der Waals surface area contributed by atoms with Crippen molar-refractivity contribution in [3.8, 4) is 5.75 Å². The molecule has 4 heteroatoms. The first-order chi connectivity index (χ1) is 9.25. The van der Waals surface area contributed by atoms with Gasteiger partial charge in [-0.25, -0.2) is 0 Å². The Labute approximate surface area is 117 Å². The zero-order chi connectivity index (χ0) is 13.5. The molecule has 0 aliphatic rings. The van der Waals surface area contributed by atoms with Crippen LogP contribution < -0.4 is 15.5 Å². The highest BCUT2D eigenvalue weighted by atomic mass is 31.0. The monoisotopic (exact) mass is 270 g/mol.